The van der Waals surface area contributed by atoms with Crippen molar-refractivity contribution in [2.45, 2.75) is 17.4 Å². The van der Waals surface area contributed by atoms with E-state index in [1.807, 2.05) is 24.3 Å². The minimum Gasteiger partial charge on any atom is -0.467 e. The van der Waals surface area contributed by atoms with Gasteiger partial charge in [-0.05, 0) is 30.7 Å². The maximum absolute atomic E-state index is 13.4. The first-order valence-electron chi connectivity index (χ1n) is 10.3. The van der Waals surface area contributed by atoms with Gasteiger partial charge in [0.15, 0.2) is 9.84 Å². The van der Waals surface area contributed by atoms with Crippen molar-refractivity contribution in [3.63, 3.8) is 0 Å². The maximum Gasteiger partial charge on any atom is 0.328 e. The van der Waals surface area contributed by atoms with Crippen LogP contribution in [0.3, 0.4) is 0 Å². The van der Waals surface area contributed by atoms with E-state index in [9.17, 15) is 18.0 Å². The van der Waals surface area contributed by atoms with Crippen molar-refractivity contribution in [3.8, 4) is 0 Å². The number of sulfone groups is 1. The summed E-state index contributed by atoms with van der Waals surface area (Å²) >= 11 is 0. The van der Waals surface area contributed by atoms with Crippen molar-refractivity contribution in [2.75, 3.05) is 12.9 Å². The van der Waals surface area contributed by atoms with Crippen LogP contribution < -0.4 is 5.32 Å². The number of ether oxygens (including phenoxy) is 1. The van der Waals surface area contributed by atoms with Gasteiger partial charge in [-0.15, -0.1) is 0 Å². The molecule has 0 radical (unpaired) electrons. The third kappa shape index (κ3) is 4.70. The summed E-state index contributed by atoms with van der Waals surface area (Å²) in [6, 6.07) is 21.3. The molecule has 0 aliphatic rings. The number of nitrogens with one attached hydrogen (secondary N) is 1. The molecule has 0 aliphatic carbocycles. The number of rotatable bonds is 7. The number of fused-ring (bicyclic) bond motifs is 2. The third-order valence-electron chi connectivity index (χ3n) is 5.38. The number of esters is 1. The highest BCUT2D eigenvalue weighted by molar-refractivity contribution is 7.91. The monoisotopic (exact) mass is 462 g/mol. The van der Waals surface area contributed by atoms with Crippen molar-refractivity contribution in [1.29, 1.82) is 0 Å². The van der Waals surface area contributed by atoms with Crippen LogP contribution >= 0.6 is 0 Å². The summed E-state index contributed by atoms with van der Waals surface area (Å²) in [7, 11) is -2.44. The lowest BCUT2D eigenvalue weighted by Crippen LogP contribution is -2.42. The van der Waals surface area contributed by atoms with Crippen molar-refractivity contribution in [3.05, 3.63) is 84.4 Å². The molecule has 1 N–H and O–H groups in total. The van der Waals surface area contributed by atoms with Gasteiger partial charge in [-0.3, -0.25) is 4.79 Å². The predicted octanol–water partition coefficient (Wildman–Crippen LogP) is 3.52. The van der Waals surface area contributed by atoms with Crippen LogP contribution in [0.1, 0.15) is 16.8 Å². The van der Waals surface area contributed by atoms with Crippen LogP contribution in [0.5, 0.6) is 0 Å². The zero-order valence-electron chi connectivity index (χ0n) is 17.9. The summed E-state index contributed by atoms with van der Waals surface area (Å²) in [5, 5.41) is 3.95. The molecule has 4 rings (SSSR count). The standard InChI is InChI=1S/C25H22N2O5S/c1-32-25(29)22(15-16-33(30,31)17-9-3-2-4-10-17)27-24(28)23-18-11-5-7-13-20(18)26-21-14-8-6-12-19(21)23/h2-14,22H,15-16H2,1H3,(H,27,28)/t22-/m0/s1. The summed E-state index contributed by atoms with van der Waals surface area (Å²) in [6.07, 6.45) is -0.128. The number of methoxy groups -OCH3 is 1. The van der Waals surface area contributed by atoms with Crippen molar-refractivity contribution < 1.29 is 22.7 Å². The van der Waals surface area contributed by atoms with Crippen LogP contribution in [0.2, 0.25) is 0 Å². The third-order valence-corrected chi connectivity index (χ3v) is 7.15. The molecule has 3 aromatic carbocycles. The van der Waals surface area contributed by atoms with Gasteiger partial charge < -0.3 is 10.1 Å². The Labute approximate surface area is 191 Å². The second-order valence-electron chi connectivity index (χ2n) is 7.49. The SMILES string of the molecule is COC(=O)[C@H](CCS(=O)(=O)c1ccccc1)NC(=O)c1c2ccccc2nc2ccccc12. The van der Waals surface area contributed by atoms with E-state index in [0.717, 1.165) is 0 Å². The Morgan fingerprint density at radius 2 is 1.42 bits per heavy atom. The predicted molar refractivity (Wildman–Crippen MR) is 126 cm³/mol. The van der Waals surface area contributed by atoms with Gasteiger partial charge >= 0.3 is 5.97 Å². The van der Waals surface area contributed by atoms with Crippen LogP contribution in [0.4, 0.5) is 0 Å². The zero-order chi connectivity index (χ0) is 23.4. The minimum atomic E-state index is -3.64. The molecule has 0 saturated carbocycles. The molecular weight excluding hydrogens is 440 g/mol. The minimum absolute atomic E-state index is 0.128. The summed E-state index contributed by atoms with van der Waals surface area (Å²) in [5.74, 6) is -1.54. The number of benzene rings is 3. The number of aromatic nitrogens is 1. The molecule has 0 fully saturated rings. The highest BCUT2D eigenvalue weighted by atomic mass is 32.2. The van der Waals surface area contributed by atoms with Gasteiger partial charge in [-0.2, -0.15) is 0 Å². The van der Waals surface area contributed by atoms with Gasteiger partial charge in [0, 0.05) is 10.8 Å². The number of para-hydroxylation sites is 2. The molecule has 1 amide bonds. The lowest BCUT2D eigenvalue weighted by atomic mass is 10.0. The number of pyridine rings is 1. The van der Waals surface area contributed by atoms with Crippen LogP contribution in [-0.4, -0.2) is 44.2 Å². The molecule has 0 bridgehead atoms. The van der Waals surface area contributed by atoms with Crippen molar-refractivity contribution in [1.82, 2.24) is 10.3 Å². The average molecular weight is 463 g/mol. The summed E-state index contributed by atoms with van der Waals surface area (Å²) < 4.78 is 30.2. The lowest BCUT2D eigenvalue weighted by molar-refractivity contribution is -0.142. The Balaban J connectivity index is 1.66. The maximum atomic E-state index is 13.4. The molecule has 0 spiro atoms. The number of carbonyl (C=O) groups is 2. The van der Waals surface area contributed by atoms with E-state index < -0.39 is 27.8 Å². The molecule has 0 unspecified atom stereocenters. The Morgan fingerprint density at radius 3 is 2.00 bits per heavy atom. The highest BCUT2D eigenvalue weighted by Gasteiger charge is 2.27. The Kier molecular flexibility index (Phi) is 6.37. The number of amides is 1. The molecule has 0 saturated heterocycles. The fourth-order valence-electron chi connectivity index (χ4n) is 3.72. The number of hydrogen-bond acceptors (Lipinski definition) is 6. The molecule has 168 valence electrons. The quantitative estimate of drug-likeness (QED) is 0.333. The van der Waals surface area contributed by atoms with Crippen LogP contribution in [0.15, 0.2) is 83.8 Å². The van der Waals surface area contributed by atoms with Crippen LogP contribution in [0.25, 0.3) is 21.8 Å². The molecule has 7 nitrogen and oxygen atoms in total. The Morgan fingerprint density at radius 1 is 0.879 bits per heavy atom. The fraction of sp³-hybridized carbons (Fsp3) is 0.160. The molecule has 1 aromatic heterocycles. The van der Waals surface area contributed by atoms with Gasteiger partial charge in [0.1, 0.15) is 6.04 Å². The van der Waals surface area contributed by atoms with E-state index >= 15 is 0 Å². The fourth-order valence-corrected chi connectivity index (χ4v) is 5.08. The number of nitrogens with zero attached hydrogens (tertiary/aromatic N) is 1. The summed E-state index contributed by atoms with van der Waals surface area (Å²) in [6.45, 7) is 0. The van der Waals surface area contributed by atoms with Crippen LogP contribution in [-0.2, 0) is 19.4 Å². The van der Waals surface area contributed by atoms with Crippen molar-refractivity contribution >= 4 is 43.5 Å². The van der Waals surface area contributed by atoms with E-state index in [4.69, 9.17) is 4.74 Å². The second kappa shape index (κ2) is 9.38. The molecule has 33 heavy (non-hydrogen) atoms. The van der Waals surface area contributed by atoms with Gasteiger partial charge in [-0.25, -0.2) is 18.2 Å². The van der Waals surface area contributed by atoms with E-state index in [0.29, 0.717) is 27.4 Å². The molecule has 4 aromatic rings. The Hall–Kier alpha value is -3.78. The summed E-state index contributed by atoms with van der Waals surface area (Å²) in [4.78, 5) is 30.6. The van der Waals surface area contributed by atoms with Crippen molar-refractivity contribution in [2.24, 2.45) is 0 Å². The first-order chi connectivity index (χ1) is 15.9. The lowest BCUT2D eigenvalue weighted by Gasteiger charge is -2.18. The van der Waals surface area contributed by atoms with E-state index in [1.54, 1.807) is 42.5 Å². The second-order valence-corrected chi connectivity index (χ2v) is 9.60. The molecular formula is C25H22N2O5S. The molecule has 1 heterocycles. The van der Waals surface area contributed by atoms with Gasteiger partial charge in [0.05, 0.1) is 34.4 Å². The largest absolute Gasteiger partial charge is 0.467 e. The van der Waals surface area contributed by atoms with Gasteiger partial charge in [-0.1, -0.05) is 54.6 Å². The molecule has 0 aliphatic heterocycles. The van der Waals surface area contributed by atoms with Gasteiger partial charge in [0.2, 0.25) is 0 Å². The zero-order valence-corrected chi connectivity index (χ0v) is 18.7. The van der Waals surface area contributed by atoms with E-state index in [-0.39, 0.29) is 17.1 Å². The number of hydrogen-bond donors (Lipinski definition) is 1. The normalized spacial score (nSPS) is 12.4. The first kappa shape index (κ1) is 22.4. The topological polar surface area (TPSA) is 102 Å². The molecule has 8 heteroatoms. The smallest absolute Gasteiger partial charge is 0.328 e. The van der Waals surface area contributed by atoms with E-state index in [1.165, 1.54) is 19.2 Å². The van der Waals surface area contributed by atoms with Gasteiger partial charge in [0.25, 0.3) is 5.91 Å². The Bertz CT molecular complexity index is 1380. The average Bonchev–Trinajstić information content (AvgIpc) is 2.84. The number of carbonyl (C=O) groups excluding carboxylic acids is 2. The van der Waals surface area contributed by atoms with E-state index in [2.05, 4.69) is 10.3 Å². The first-order valence-corrected chi connectivity index (χ1v) is 12.0. The highest BCUT2D eigenvalue weighted by Crippen LogP contribution is 2.26. The van der Waals surface area contributed by atoms with Crippen LogP contribution in [0, 0.1) is 0 Å². The summed E-state index contributed by atoms with van der Waals surface area (Å²) in [5.41, 5.74) is 1.65. The molecule has 1 atom stereocenters.